The molecule has 3 aromatic carbocycles. The number of hydrogen-bond donors (Lipinski definition) is 2. The second-order valence-corrected chi connectivity index (χ2v) is 15.5. The van der Waals surface area contributed by atoms with E-state index in [1.165, 1.54) is 35.1 Å². The molecule has 73 heavy (non-hydrogen) atoms. The molecule has 2 atom stereocenters. The second-order valence-electron chi connectivity index (χ2n) is 15.5. The van der Waals surface area contributed by atoms with Gasteiger partial charge in [0.2, 0.25) is 0 Å². The Bertz CT molecular complexity index is 1970. The fraction of sp³-hybridized carbons (Fsp3) is 0.418. The number of aldehydes is 1. The Morgan fingerprint density at radius 1 is 0.795 bits per heavy atom. The molecule has 1 unspecified atom stereocenters. The predicted octanol–water partition coefficient (Wildman–Crippen LogP) is 18.3. The number of ether oxygens (including phenoxy) is 1. The third-order valence-electron chi connectivity index (χ3n) is 10.3. The van der Waals surface area contributed by atoms with Gasteiger partial charge in [0.1, 0.15) is 12.0 Å². The van der Waals surface area contributed by atoms with Crippen molar-refractivity contribution in [2.75, 3.05) is 26.3 Å². The van der Waals surface area contributed by atoms with Crippen LogP contribution in [0, 0.1) is 12.8 Å². The highest BCUT2D eigenvalue weighted by molar-refractivity contribution is 5.65. The van der Waals surface area contributed by atoms with Crippen molar-refractivity contribution in [2.45, 2.75) is 154 Å². The third-order valence-corrected chi connectivity index (χ3v) is 10.3. The van der Waals surface area contributed by atoms with E-state index in [0.717, 1.165) is 80.7 Å². The van der Waals surface area contributed by atoms with Crippen LogP contribution in [0.2, 0.25) is 0 Å². The van der Waals surface area contributed by atoms with Crippen molar-refractivity contribution in [3.05, 3.63) is 217 Å². The van der Waals surface area contributed by atoms with Crippen molar-refractivity contribution in [3.63, 3.8) is 0 Å². The van der Waals surface area contributed by atoms with Crippen LogP contribution in [-0.2, 0) is 22.5 Å². The number of nitrogens with zero attached hydrogens (tertiary/aromatic N) is 1. The Labute approximate surface area is 450 Å². The van der Waals surface area contributed by atoms with Gasteiger partial charge in [-0.05, 0) is 107 Å². The summed E-state index contributed by atoms with van der Waals surface area (Å²) in [4.78, 5) is 18.3. The van der Waals surface area contributed by atoms with Crippen LogP contribution in [0.1, 0.15) is 151 Å². The first kappa shape index (κ1) is 73.6. The van der Waals surface area contributed by atoms with E-state index in [2.05, 4.69) is 135 Å². The van der Waals surface area contributed by atoms with Crippen molar-refractivity contribution in [1.82, 2.24) is 10.4 Å². The summed E-state index contributed by atoms with van der Waals surface area (Å²) in [5.41, 5.74) is 17.1. The number of para-hydroxylation sites is 1. The minimum absolute atomic E-state index is 0.273. The quantitative estimate of drug-likeness (QED) is 0.0306. The van der Waals surface area contributed by atoms with E-state index in [-0.39, 0.29) is 5.92 Å². The summed E-state index contributed by atoms with van der Waals surface area (Å²) in [7, 11) is 0. The number of hydroxylamine groups is 1. The number of benzene rings is 3. The van der Waals surface area contributed by atoms with E-state index in [1.54, 1.807) is 0 Å². The molecule has 1 aliphatic heterocycles. The molecule has 1 saturated heterocycles. The zero-order valence-corrected chi connectivity index (χ0v) is 48.7. The van der Waals surface area contributed by atoms with E-state index in [4.69, 9.17) is 15.3 Å². The van der Waals surface area contributed by atoms with Crippen molar-refractivity contribution in [2.24, 2.45) is 11.7 Å². The van der Waals surface area contributed by atoms with E-state index in [0.29, 0.717) is 19.2 Å². The maximum Gasteiger partial charge on any atom is 0.122 e. The van der Waals surface area contributed by atoms with Crippen molar-refractivity contribution in [1.29, 1.82) is 0 Å². The number of unbranched alkanes of at least 4 members (excludes halogenated alkanes) is 1. The molecular weight excluding hydrogens is 895 g/mol. The van der Waals surface area contributed by atoms with Crippen molar-refractivity contribution < 1.29 is 14.4 Å². The monoisotopic (exact) mass is 1000 g/mol. The highest BCUT2D eigenvalue weighted by Gasteiger charge is 2.27. The summed E-state index contributed by atoms with van der Waals surface area (Å²) in [5, 5.41) is 0. The number of nitrogens with one attached hydrogen (secondary N) is 1. The van der Waals surface area contributed by atoms with Gasteiger partial charge in [0, 0.05) is 36.0 Å². The summed E-state index contributed by atoms with van der Waals surface area (Å²) in [5.74, 6) is 1.26. The first-order valence-corrected chi connectivity index (χ1v) is 27.4. The van der Waals surface area contributed by atoms with E-state index < -0.39 is 0 Å². The Hall–Kier alpha value is -5.95. The van der Waals surface area contributed by atoms with Crippen LogP contribution >= 0.6 is 0 Å². The minimum Gasteiger partial charge on any atom is -0.493 e. The van der Waals surface area contributed by atoms with E-state index in [9.17, 15) is 4.79 Å². The largest absolute Gasteiger partial charge is 0.493 e. The lowest BCUT2D eigenvalue weighted by Crippen LogP contribution is -2.34. The number of likely N-dealkylation sites (tertiary alicyclic amines) is 1. The summed E-state index contributed by atoms with van der Waals surface area (Å²) in [6, 6.07) is 27.8. The average Bonchev–Trinajstić information content (AvgIpc) is 3.93. The van der Waals surface area contributed by atoms with Crippen LogP contribution in [0.5, 0.6) is 5.75 Å². The molecule has 0 radical (unpaired) electrons. The molecule has 6 heteroatoms. The SMILES string of the molecule is C/C=C/C=C\CCOc1ccccc1C.C=C.C=C(c1ccccc1CCc1ccccc1)N1CCC[C@H]1CONC\C=C/C(=C\C)/C=C/C=C/C=C(N)\C=C/C.CC.CC.CC.CC.CCCCC(C)C=O. The molecule has 3 N–H and O–H groups in total. The van der Waals surface area contributed by atoms with Gasteiger partial charge < -0.3 is 20.2 Å². The van der Waals surface area contributed by atoms with Crippen LogP contribution < -0.4 is 16.0 Å². The Morgan fingerprint density at radius 2 is 1.45 bits per heavy atom. The zero-order valence-electron chi connectivity index (χ0n) is 48.7. The Kier molecular flexibility index (Phi) is 57.4. The molecule has 0 amide bonds. The first-order valence-electron chi connectivity index (χ1n) is 27.4. The summed E-state index contributed by atoms with van der Waals surface area (Å²) in [6.45, 7) is 41.7. The van der Waals surface area contributed by atoms with Crippen LogP contribution in [0.4, 0.5) is 0 Å². The molecule has 4 rings (SSSR count). The van der Waals surface area contributed by atoms with Gasteiger partial charge in [-0.3, -0.25) is 4.84 Å². The summed E-state index contributed by atoms with van der Waals surface area (Å²) >= 11 is 0. The fourth-order valence-electron chi connectivity index (χ4n) is 6.65. The molecule has 1 fully saturated rings. The zero-order chi connectivity index (χ0) is 55.8. The van der Waals surface area contributed by atoms with Gasteiger partial charge in [0.15, 0.2) is 0 Å². The lowest BCUT2D eigenvalue weighted by atomic mass is 9.97. The molecule has 3 aromatic rings. The van der Waals surface area contributed by atoms with Gasteiger partial charge in [0.25, 0.3) is 0 Å². The van der Waals surface area contributed by atoms with Gasteiger partial charge in [-0.15, -0.1) is 13.2 Å². The van der Waals surface area contributed by atoms with Gasteiger partial charge in [-0.2, -0.15) is 5.48 Å². The number of rotatable bonds is 24. The normalized spacial score (nSPS) is 13.4. The Morgan fingerprint density at radius 3 is 2.08 bits per heavy atom. The molecule has 0 saturated carbocycles. The van der Waals surface area contributed by atoms with E-state index >= 15 is 0 Å². The Balaban J connectivity index is -0.000000590. The number of hydrogen-bond acceptors (Lipinski definition) is 6. The molecule has 1 aliphatic rings. The van der Waals surface area contributed by atoms with Gasteiger partial charge in [0.05, 0.1) is 19.3 Å². The predicted molar refractivity (Wildman–Crippen MR) is 328 cm³/mol. The lowest BCUT2D eigenvalue weighted by molar-refractivity contribution is -0.110. The van der Waals surface area contributed by atoms with Crippen molar-refractivity contribution >= 4 is 12.0 Å². The molecule has 0 aliphatic carbocycles. The maximum atomic E-state index is 10.0. The van der Waals surface area contributed by atoms with Gasteiger partial charge in [-0.1, -0.05) is 234 Å². The fourth-order valence-corrected chi connectivity index (χ4v) is 6.65. The number of nitrogens with two attached hydrogens (primary N) is 1. The van der Waals surface area contributed by atoms with Crippen molar-refractivity contribution in [3.8, 4) is 5.75 Å². The van der Waals surface area contributed by atoms with Gasteiger partial charge in [-0.25, -0.2) is 0 Å². The molecule has 0 spiro atoms. The van der Waals surface area contributed by atoms with Crippen LogP contribution in [0.15, 0.2) is 195 Å². The molecule has 1 heterocycles. The number of carbonyl (C=O) groups excluding carboxylic acids is 1. The smallest absolute Gasteiger partial charge is 0.122 e. The first-order chi connectivity index (χ1) is 35.8. The van der Waals surface area contributed by atoms with E-state index in [1.807, 2.05) is 156 Å². The average molecular weight is 1000 g/mol. The second kappa shape index (κ2) is 57.0. The third kappa shape index (κ3) is 39.3. The maximum absolute atomic E-state index is 10.0. The molecule has 0 aromatic heterocycles. The van der Waals surface area contributed by atoms with Crippen LogP contribution in [0.3, 0.4) is 0 Å². The number of allylic oxidation sites excluding steroid dienone is 13. The number of aryl methyl sites for hydroxylation is 3. The molecule has 406 valence electrons. The highest BCUT2D eigenvalue weighted by Crippen LogP contribution is 2.30. The topological polar surface area (TPSA) is 76.8 Å². The highest BCUT2D eigenvalue weighted by atomic mass is 16.6. The van der Waals surface area contributed by atoms with Gasteiger partial charge >= 0.3 is 0 Å². The molecule has 0 bridgehead atoms. The standard InChI is InChI=1S/C36H45N3O.C14H18O.C7H14O.4C2H6.C2H4/c1-4-16-34(37)22-11-7-8-17-31(5-2)20-14-27-38-40-29-35-23-15-28-39(35)30(3)36-24-13-12-21-33(36)26-25-32-18-9-6-10-19-32;1-3-4-5-6-9-12-15-14-11-8-7-10-13(14)2;1-3-4-5-7(2)6-8;5*1-2/h4-14,16-22,24,35,38H,3,15,23,25-29,37H2,1-2H3;3-8,10-11H,9,12H2,1-2H3;6-7H,3-5H2,1-2H3;4*1-2H3;1-2H2/b11-7+,16-4-,17-8+,20-14-,31-5-,34-22+;4-3+,6-5-;;;;;;/t35-;;;;;;;/m0......./s1. The summed E-state index contributed by atoms with van der Waals surface area (Å²) < 4.78 is 5.64. The molecular formula is C67H105N3O3. The molecule has 6 nitrogen and oxygen atoms in total. The lowest BCUT2D eigenvalue weighted by Gasteiger charge is -2.29. The number of carbonyl (C=O) groups is 1. The minimum atomic E-state index is 0.273. The van der Waals surface area contributed by atoms with Crippen LogP contribution in [-0.4, -0.2) is 43.5 Å². The van der Waals surface area contributed by atoms with Crippen LogP contribution in [0.25, 0.3) is 5.70 Å². The summed E-state index contributed by atoms with van der Waals surface area (Å²) in [6.07, 6.45) is 37.8.